The largest absolute Gasteiger partial charge is 0.296 e. The molecule has 0 saturated heterocycles. The molecule has 15 heavy (non-hydrogen) atoms. The van der Waals surface area contributed by atoms with Gasteiger partial charge in [0.2, 0.25) is 0 Å². The third-order valence-electron chi connectivity index (χ3n) is 2.92. The van der Waals surface area contributed by atoms with Crippen molar-refractivity contribution in [2.45, 2.75) is 31.2 Å². The monoisotopic (exact) mass is 227 g/mol. The van der Waals surface area contributed by atoms with Gasteiger partial charge in [-0.1, -0.05) is 0 Å². The maximum atomic E-state index is 11.9. The number of fused-ring (bicyclic) bond motifs is 1. The highest BCUT2D eigenvalue weighted by Crippen LogP contribution is 2.30. The van der Waals surface area contributed by atoms with Crippen molar-refractivity contribution >= 4 is 10.0 Å². The van der Waals surface area contributed by atoms with Gasteiger partial charge >= 0.3 is 0 Å². The lowest BCUT2D eigenvalue weighted by atomic mass is 10.3. The van der Waals surface area contributed by atoms with Gasteiger partial charge in [-0.15, -0.1) is 0 Å². The van der Waals surface area contributed by atoms with Crippen molar-refractivity contribution in [2.75, 3.05) is 7.05 Å². The number of hydrogen-bond donors (Lipinski definition) is 0. The SMILES string of the molecule is CN1Cc2cn(S(=O)(=O)C3CC3)nc2C1. The summed E-state index contributed by atoms with van der Waals surface area (Å²) >= 11 is 0. The molecule has 1 aliphatic carbocycles. The van der Waals surface area contributed by atoms with Gasteiger partial charge in [-0.05, 0) is 19.9 Å². The summed E-state index contributed by atoms with van der Waals surface area (Å²) in [7, 11) is -1.17. The first-order valence-corrected chi connectivity index (χ1v) is 6.58. The summed E-state index contributed by atoms with van der Waals surface area (Å²) < 4.78 is 24.9. The summed E-state index contributed by atoms with van der Waals surface area (Å²) in [6.07, 6.45) is 3.24. The molecular formula is C9H13N3O2S. The van der Waals surface area contributed by atoms with E-state index < -0.39 is 10.0 Å². The zero-order chi connectivity index (χ0) is 10.6. The van der Waals surface area contributed by atoms with Gasteiger partial charge in [-0.3, -0.25) is 4.90 Å². The summed E-state index contributed by atoms with van der Waals surface area (Å²) in [5.41, 5.74) is 1.95. The number of aromatic nitrogens is 2. The fourth-order valence-corrected chi connectivity index (χ4v) is 3.46. The molecule has 6 heteroatoms. The van der Waals surface area contributed by atoms with Crippen molar-refractivity contribution in [1.82, 2.24) is 14.1 Å². The molecule has 0 bridgehead atoms. The lowest BCUT2D eigenvalue weighted by Gasteiger charge is -2.06. The lowest BCUT2D eigenvalue weighted by molar-refractivity contribution is 0.347. The molecule has 0 atom stereocenters. The molecule has 0 radical (unpaired) electrons. The summed E-state index contributed by atoms with van der Waals surface area (Å²) in [6.45, 7) is 1.55. The average molecular weight is 227 g/mol. The summed E-state index contributed by atoms with van der Waals surface area (Å²) in [5.74, 6) is 0. The van der Waals surface area contributed by atoms with Gasteiger partial charge < -0.3 is 0 Å². The second-order valence-corrected chi connectivity index (χ2v) is 6.46. The van der Waals surface area contributed by atoms with Crippen LogP contribution in [0.4, 0.5) is 0 Å². The van der Waals surface area contributed by atoms with Crippen molar-refractivity contribution in [3.8, 4) is 0 Å². The van der Waals surface area contributed by atoms with Gasteiger partial charge in [0.15, 0.2) is 0 Å². The maximum Gasteiger partial charge on any atom is 0.256 e. The van der Waals surface area contributed by atoms with E-state index in [9.17, 15) is 8.42 Å². The van der Waals surface area contributed by atoms with E-state index in [1.165, 1.54) is 4.09 Å². The lowest BCUT2D eigenvalue weighted by Crippen LogP contribution is -2.19. The minimum Gasteiger partial charge on any atom is -0.296 e. The Labute approximate surface area is 88.7 Å². The molecule has 1 fully saturated rings. The second kappa shape index (κ2) is 2.82. The van der Waals surface area contributed by atoms with Crippen molar-refractivity contribution in [3.05, 3.63) is 17.5 Å². The van der Waals surface area contributed by atoms with E-state index in [1.54, 1.807) is 6.20 Å². The van der Waals surface area contributed by atoms with Crippen LogP contribution in [-0.2, 0) is 23.1 Å². The van der Waals surface area contributed by atoms with Crippen molar-refractivity contribution in [2.24, 2.45) is 0 Å². The van der Waals surface area contributed by atoms with E-state index >= 15 is 0 Å². The molecule has 1 aromatic rings. The predicted octanol–water partition coefficient (Wildman–Crippen LogP) is 0.169. The highest BCUT2D eigenvalue weighted by atomic mass is 32.2. The Hall–Kier alpha value is -0.880. The van der Waals surface area contributed by atoms with Gasteiger partial charge in [0.1, 0.15) is 0 Å². The summed E-state index contributed by atoms with van der Waals surface area (Å²) in [6, 6.07) is 0. The number of nitrogens with zero attached hydrogens (tertiary/aromatic N) is 3. The molecule has 2 heterocycles. The van der Waals surface area contributed by atoms with Crippen LogP contribution >= 0.6 is 0 Å². The highest BCUT2D eigenvalue weighted by molar-refractivity contribution is 7.90. The Morgan fingerprint density at radius 3 is 2.73 bits per heavy atom. The molecule has 3 rings (SSSR count). The van der Waals surface area contributed by atoms with Crippen LogP contribution in [0.25, 0.3) is 0 Å². The minimum absolute atomic E-state index is 0.185. The van der Waals surface area contributed by atoms with E-state index in [-0.39, 0.29) is 5.25 Å². The molecule has 0 unspecified atom stereocenters. The van der Waals surface area contributed by atoms with Crippen molar-refractivity contribution in [1.29, 1.82) is 0 Å². The van der Waals surface area contributed by atoms with E-state index in [0.29, 0.717) is 0 Å². The first-order valence-electron chi connectivity index (χ1n) is 5.08. The van der Waals surface area contributed by atoms with Gasteiger partial charge in [-0.25, -0.2) is 8.42 Å². The Morgan fingerprint density at radius 2 is 2.13 bits per heavy atom. The molecule has 82 valence electrons. The van der Waals surface area contributed by atoms with Crippen LogP contribution in [0.5, 0.6) is 0 Å². The quantitative estimate of drug-likeness (QED) is 0.722. The molecule has 2 aliphatic rings. The van der Waals surface area contributed by atoms with Gasteiger partial charge in [0.05, 0.1) is 10.9 Å². The van der Waals surface area contributed by atoms with E-state index in [2.05, 4.69) is 10.00 Å². The highest BCUT2D eigenvalue weighted by Gasteiger charge is 2.38. The van der Waals surface area contributed by atoms with Gasteiger partial charge in [0.25, 0.3) is 10.0 Å². The van der Waals surface area contributed by atoms with Crippen LogP contribution < -0.4 is 0 Å². The van der Waals surface area contributed by atoms with E-state index in [0.717, 1.165) is 37.2 Å². The van der Waals surface area contributed by atoms with Crippen LogP contribution in [0.3, 0.4) is 0 Å². The molecular weight excluding hydrogens is 214 g/mol. The average Bonchev–Trinajstić information content (AvgIpc) is 2.84. The fourth-order valence-electron chi connectivity index (χ4n) is 1.94. The van der Waals surface area contributed by atoms with E-state index in [4.69, 9.17) is 0 Å². The molecule has 0 aromatic carbocycles. The zero-order valence-electron chi connectivity index (χ0n) is 8.55. The zero-order valence-corrected chi connectivity index (χ0v) is 9.37. The third-order valence-corrected chi connectivity index (χ3v) is 4.94. The minimum atomic E-state index is -3.17. The van der Waals surface area contributed by atoms with Gasteiger partial charge in [0, 0.05) is 24.8 Å². The van der Waals surface area contributed by atoms with Crippen LogP contribution in [0.15, 0.2) is 6.20 Å². The summed E-state index contributed by atoms with van der Waals surface area (Å²) in [5, 5.41) is 3.98. The molecule has 0 amide bonds. The molecule has 0 spiro atoms. The van der Waals surface area contributed by atoms with Crippen LogP contribution in [-0.4, -0.2) is 34.8 Å². The maximum absolute atomic E-state index is 11.9. The van der Waals surface area contributed by atoms with Crippen LogP contribution in [0, 0.1) is 0 Å². The smallest absolute Gasteiger partial charge is 0.256 e. The third kappa shape index (κ3) is 1.39. The Bertz CT molecular complexity index is 478. The number of rotatable bonds is 2. The van der Waals surface area contributed by atoms with Crippen molar-refractivity contribution < 1.29 is 8.42 Å². The van der Waals surface area contributed by atoms with E-state index in [1.807, 2.05) is 7.05 Å². The standard InChI is InChI=1S/C9H13N3O2S/c1-11-4-7-5-12(10-9(7)6-11)15(13,14)8-2-3-8/h5,8H,2-4,6H2,1H3. The van der Waals surface area contributed by atoms with Crippen molar-refractivity contribution in [3.63, 3.8) is 0 Å². The predicted molar refractivity (Wildman–Crippen MR) is 54.7 cm³/mol. The molecule has 1 saturated carbocycles. The normalized spacial score (nSPS) is 21.9. The van der Waals surface area contributed by atoms with Crippen LogP contribution in [0.2, 0.25) is 0 Å². The van der Waals surface area contributed by atoms with Crippen LogP contribution in [0.1, 0.15) is 24.1 Å². The van der Waals surface area contributed by atoms with Gasteiger partial charge in [-0.2, -0.15) is 9.19 Å². The first-order chi connectivity index (χ1) is 7.07. The first kappa shape index (κ1) is 9.35. The Kier molecular flexibility index (Phi) is 1.76. The Balaban J connectivity index is 1.99. The summed E-state index contributed by atoms with van der Waals surface area (Å²) in [4.78, 5) is 2.12. The topological polar surface area (TPSA) is 55.2 Å². The Morgan fingerprint density at radius 1 is 1.40 bits per heavy atom. The second-order valence-electron chi connectivity index (χ2n) is 4.39. The molecule has 0 N–H and O–H groups in total. The fraction of sp³-hybridized carbons (Fsp3) is 0.667. The molecule has 5 nitrogen and oxygen atoms in total. The molecule has 1 aromatic heterocycles. The number of hydrogen-bond acceptors (Lipinski definition) is 4. The molecule has 1 aliphatic heterocycles.